The first kappa shape index (κ1) is 14.1. The van der Waals surface area contributed by atoms with E-state index in [0.29, 0.717) is 30.9 Å². The molecule has 2 N–H and O–H groups in total. The van der Waals surface area contributed by atoms with Crippen LogP contribution in [0.15, 0.2) is 18.2 Å². The second-order valence-electron chi connectivity index (χ2n) is 6.01. The van der Waals surface area contributed by atoms with E-state index in [1.54, 1.807) is 24.1 Å². The van der Waals surface area contributed by atoms with Gasteiger partial charge in [-0.25, -0.2) is 0 Å². The van der Waals surface area contributed by atoms with Crippen molar-refractivity contribution >= 4 is 17.5 Å². The SMILES string of the molecule is CN(CC(O)C1CC1)C(=O)c1ccc2c(c1)CCC(=O)N2. The van der Waals surface area contributed by atoms with Gasteiger partial charge in [-0.2, -0.15) is 0 Å². The minimum atomic E-state index is -0.420. The number of carbonyl (C=O) groups is 2. The molecule has 3 rings (SSSR count). The summed E-state index contributed by atoms with van der Waals surface area (Å²) in [4.78, 5) is 25.3. The van der Waals surface area contributed by atoms with E-state index < -0.39 is 6.10 Å². The highest BCUT2D eigenvalue weighted by atomic mass is 16.3. The molecule has 1 unspecified atom stereocenters. The number of anilines is 1. The molecule has 5 nitrogen and oxygen atoms in total. The topological polar surface area (TPSA) is 69.6 Å². The Bertz CT molecular complexity index is 581. The van der Waals surface area contributed by atoms with Crippen LogP contribution in [0.1, 0.15) is 35.2 Å². The van der Waals surface area contributed by atoms with Crippen LogP contribution in [0.2, 0.25) is 0 Å². The number of benzene rings is 1. The van der Waals surface area contributed by atoms with Crippen LogP contribution in [0.3, 0.4) is 0 Å². The molecule has 0 aromatic heterocycles. The fourth-order valence-corrected chi connectivity index (χ4v) is 2.73. The molecule has 21 heavy (non-hydrogen) atoms. The van der Waals surface area contributed by atoms with Gasteiger partial charge in [0.15, 0.2) is 0 Å². The minimum absolute atomic E-state index is 0.0197. The monoisotopic (exact) mass is 288 g/mol. The molecule has 1 aromatic rings. The summed E-state index contributed by atoms with van der Waals surface area (Å²) in [7, 11) is 1.72. The molecule has 0 saturated heterocycles. The summed E-state index contributed by atoms with van der Waals surface area (Å²) in [6.45, 7) is 0.372. The van der Waals surface area contributed by atoms with Gasteiger partial charge in [-0.1, -0.05) is 0 Å². The van der Waals surface area contributed by atoms with Gasteiger partial charge in [-0.05, 0) is 48.9 Å². The molecule has 1 heterocycles. The lowest BCUT2D eigenvalue weighted by molar-refractivity contribution is -0.116. The zero-order valence-electron chi connectivity index (χ0n) is 12.1. The number of aliphatic hydroxyl groups is 1. The van der Waals surface area contributed by atoms with Gasteiger partial charge in [0.2, 0.25) is 5.91 Å². The fraction of sp³-hybridized carbons (Fsp3) is 0.500. The molecule has 5 heteroatoms. The number of hydrogen-bond acceptors (Lipinski definition) is 3. The van der Waals surface area contributed by atoms with Crippen LogP contribution in [0.4, 0.5) is 5.69 Å². The molecule has 0 radical (unpaired) electrons. The van der Waals surface area contributed by atoms with Crippen molar-refractivity contribution in [2.75, 3.05) is 18.9 Å². The number of fused-ring (bicyclic) bond motifs is 1. The second kappa shape index (κ2) is 5.48. The number of carbonyl (C=O) groups excluding carboxylic acids is 2. The molecule has 1 aromatic carbocycles. The van der Waals surface area contributed by atoms with Gasteiger partial charge in [0.05, 0.1) is 6.10 Å². The third-order valence-electron chi connectivity index (χ3n) is 4.22. The maximum absolute atomic E-state index is 12.4. The second-order valence-corrected chi connectivity index (χ2v) is 6.01. The van der Waals surface area contributed by atoms with Crippen molar-refractivity contribution in [1.82, 2.24) is 4.90 Å². The highest BCUT2D eigenvalue weighted by molar-refractivity contribution is 5.97. The first-order valence-electron chi connectivity index (χ1n) is 7.41. The Balaban J connectivity index is 1.70. The van der Waals surface area contributed by atoms with E-state index >= 15 is 0 Å². The zero-order chi connectivity index (χ0) is 15.0. The molecule has 2 amide bonds. The number of amides is 2. The zero-order valence-corrected chi connectivity index (χ0v) is 12.1. The molecule has 0 bridgehead atoms. The number of hydrogen-bond donors (Lipinski definition) is 2. The summed E-state index contributed by atoms with van der Waals surface area (Å²) in [5, 5.41) is 12.7. The molecular formula is C16H20N2O3. The predicted molar refractivity (Wildman–Crippen MR) is 79.1 cm³/mol. The lowest BCUT2D eigenvalue weighted by Crippen LogP contribution is -2.35. The van der Waals surface area contributed by atoms with Gasteiger partial charge >= 0.3 is 0 Å². The first-order chi connectivity index (χ1) is 10.0. The van der Waals surface area contributed by atoms with E-state index in [0.717, 1.165) is 24.1 Å². The van der Waals surface area contributed by atoms with Crippen molar-refractivity contribution < 1.29 is 14.7 Å². The maximum Gasteiger partial charge on any atom is 0.253 e. The normalized spacial score (nSPS) is 18.7. The third-order valence-corrected chi connectivity index (χ3v) is 4.22. The summed E-state index contributed by atoms with van der Waals surface area (Å²) in [5.74, 6) is 0.291. The van der Waals surface area contributed by atoms with Crippen LogP contribution in [0.5, 0.6) is 0 Å². The van der Waals surface area contributed by atoms with Crippen LogP contribution >= 0.6 is 0 Å². The van der Waals surface area contributed by atoms with E-state index in [1.165, 1.54) is 0 Å². The van der Waals surface area contributed by atoms with Crippen LogP contribution in [-0.4, -0.2) is 41.5 Å². The van der Waals surface area contributed by atoms with E-state index in [-0.39, 0.29) is 11.8 Å². The van der Waals surface area contributed by atoms with Gasteiger partial charge in [-0.3, -0.25) is 9.59 Å². The lowest BCUT2D eigenvalue weighted by atomic mass is 10.00. The molecule has 1 aliphatic carbocycles. The van der Waals surface area contributed by atoms with Crippen LogP contribution in [-0.2, 0) is 11.2 Å². The van der Waals surface area contributed by atoms with Crippen LogP contribution in [0.25, 0.3) is 0 Å². The van der Waals surface area contributed by atoms with Crippen molar-refractivity contribution in [3.8, 4) is 0 Å². The van der Waals surface area contributed by atoms with E-state index in [1.807, 2.05) is 6.07 Å². The number of likely N-dealkylation sites (N-methyl/N-ethyl adjacent to an activating group) is 1. The quantitative estimate of drug-likeness (QED) is 0.880. The van der Waals surface area contributed by atoms with Crippen molar-refractivity contribution in [2.45, 2.75) is 31.8 Å². The summed E-state index contributed by atoms with van der Waals surface area (Å²) in [6, 6.07) is 5.36. The Labute approximate surface area is 123 Å². The van der Waals surface area contributed by atoms with Crippen molar-refractivity contribution in [1.29, 1.82) is 0 Å². The Morgan fingerprint density at radius 2 is 2.19 bits per heavy atom. The molecular weight excluding hydrogens is 268 g/mol. The van der Waals surface area contributed by atoms with Crippen molar-refractivity contribution in [3.05, 3.63) is 29.3 Å². The highest BCUT2D eigenvalue weighted by Crippen LogP contribution is 2.33. The number of nitrogens with one attached hydrogen (secondary N) is 1. The van der Waals surface area contributed by atoms with Crippen LogP contribution in [0, 0.1) is 5.92 Å². The first-order valence-corrected chi connectivity index (χ1v) is 7.41. The number of aliphatic hydroxyl groups excluding tert-OH is 1. The highest BCUT2D eigenvalue weighted by Gasteiger charge is 2.31. The van der Waals surface area contributed by atoms with Gasteiger partial charge in [-0.15, -0.1) is 0 Å². The predicted octanol–water partition coefficient (Wildman–Crippen LogP) is 1.41. The standard InChI is InChI=1S/C16H20N2O3/c1-18(9-14(19)10-2-3-10)16(21)12-4-6-13-11(8-12)5-7-15(20)17-13/h4,6,8,10,14,19H,2-3,5,7,9H2,1H3,(H,17,20). The van der Waals surface area contributed by atoms with Gasteiger partial charge < -0.3 is 15.3 Å². The van der Waals surface area contributed by atoms with E-state index in [2.05, 4.69) is 5.32 Å². The summed E-state index contributed by atoms with van der Waals surface area (Å²) in [6.07, 6.45) is 2.82. The number of rotatable bonds is 4. The summed E-state index contributed by atoms with van der Waals surface area (Å²) < 4.78 is 0. The Morgan fingerprint density at radius 1 is 1.43 bits per heavy atom. The van der Waals surface area contributed by atoms with E-state index in [9.17, 15) is 14.7 Å². The molecule has 0 spiro atoms. The van der Waals surface area contributed by atoms with Gasteiger partial charge in [0.1, 0.15) is 0 Å². The molecule has 1 aliphatic heterocycles. The average molecular weight is 288 g/mol. The number of nitrogens with zero attached hydrogens (tertiary/aromatic N) is 1. The number of aryl methyl sites for hydroxylation is 1. The Kier molecular flexibility index (Phi) is 3.68. The Hall–Kier alpha value is -1.88. The largest absolute Gasteiger partial charge is 0.391 e. The molecule has 1 fully saturated rings. The molecule has 112 valence electrons. The minimum Gasteiger partial charge on any atom is -0.391 e. The molecule has 1 saturated carbocycles. The van der Waals surface area contributed by atoms with Crippen molar-refractivity contribution in [2.24, 2.45) is 5.92 Å². The van der Waals surface area contributed by atoms with Crippen LogP contribution < -0.4 is 5.32 Å². The Morgan fingerprint density at radius 3 is 2.90 bits per heavy atom. The molecule has 2 aliphatic rings. The lowest BCUT2D eigenvalue weighted by Gasteiger charge is -2.22. The molecule has 1 atom stereocenters. The third kappa shape index (κ3) is 3.08. The summed E-state index contributed by atoms with van der Waals surface area (Å²) >= 11 is 0. The van der Waals surface area contributed by atoms with Gasteiger partial charge in [0, 0.05) is 31.3 Å². The smallest absolute Gasteiger partial charge is 0.253 e. The average Bonchev–Trinajstić information content (AvgIpc) is 3.30. The van der Waals surface area contributed by atoms with Gasteiger partial charge in [0.25, 0.3) is 5.91 Å². The maximum atomic E-state index is 12.4. The summed E-state index contributed by atoms with van der Waals surface area (Å²) in [5.41, 5.74) is 2.40. The van der Waals surface area contributed by atoms with Crippen molar-refractivity contribution in [3.63, 3.8) is 0 Å². The van der Waals surface area contributed by atoms with E-state index in [4.69, 9.17) is 0 Å². The fourth-order valence-electron chi connectivity index (χ4n) is 2.73.